The standard InChI is InChI=1S/C22H25NO6/c1-3-28-22(24)14-13-21(29-16-17-9-11-19(27-2)12-10-17)20(15-23(25)26)18-7-5-4-6-8-18/h4-14,20-21H,3,15-16H2,1-2H3/b14-13+/t20-,21-/m1/s1. The van der Waals surface area contributed by atoms with Crippen LogP contribution in [0.25, 0.3) is 0 Å². The van der Waals surface area contributed by atoms with Gasteiger partial charge in [-0.3, -0.25) is 10.1 Å². The van der Waals surface area contributed by atoms with Crippen molar-refractivity contribution in [2.75, 3.05) is 20.3 Å². The Hall–Kier alpha value is -3.19. The van der Waals surface area contributed by atoms with Crippen molar-refractivity contribution in [2.24, 2.45) is 0 Å². The number of rotatable bonds is 11. The van der Waals surface area contributed by atoms with Crippen LogP contribution in [0.3, 0.4) is 0 Å². The van der Waals surface area contributed by atoms with Crippen molar-refractivity contribution in [3.63, 3.8) is 0 Å². The average molecular weight is 399 g/mol. The summed E-state index contributed by atoms with van der Waals surface area (Å²) in [4.78, 5) is 22.7. The Morgan fingerprint density at radius 3 is 2.41 bits per heavy atom. The van der Waals surface area contributed by atoms with Gasteiger partial charge in [0.15, 0.2) is 0 Å². The van der Waals surface area contributed by atoms with Crippen LogP contribution in [0.1, 0.15) is 24.0 Å². The third kappa shape index (κ3) is 7.38. The molecule has 0 N–H and O–H groups in total. The monoisotopic (exact) mass is 399 g/mol. The van der Waals surface area contributed by atoms with E-state index in [4.69, 9.17) is 14.2 Å². The van der Waals surface area contributed by atoms with Gasteiger partial charge < -0.3 is 14.2 Å². The first-order valence-electron chi connectivity index (χ1n) is 9.29. The number of hydrogen-bond acceptors (Lipinski definition) is 6. The fraction of sp³-hybridized carbons (Fsp3) is 0.318. The first-order valence-corrected chi connectivity index (χ1v) is 9.29. The maximum absolute atomic E-state index is 11.8. The zero-order valence-corrected chi connectivity index (χ0v) is 16.5. The van der Waals surface area contributed by atoms with Gasteiger partial charge in [-0.1, -0.05) is 42.5 Å². The number of ether oxygens (including phenoxy) is 3. The molecule has 0 aromatic heterocycles. The van der Waals surface area contributed by atoms with Crippen LogP contribution in [0, 0.1) is 10.1 Å². The Bertz CT molecular complexity index is 804. The zero-order valence-electron chi connectivity index (χ0n) is 16.5. The Labute approximate surface area is 170 Å². The second-order valence-electron chi connectivity index (χ2n) is 6.27. The van der Waals surface area contributed by atoms with Crippen LogP contribution in [0.4, 0.5) is 0 Å². The van der Waals surface area contributed by atoms with Gasteiger partial charge in [-0.05, 0) is 36.3 Å². The molecule has 0 saturated heterocycles. The molecule has 0 spiro atoms. The van der Waals surface area contributed by atoms with Crippen molar-refractivity contribution in [1.29, 1.82) is 0 Å². The van der Waals surface area contributed by atoms with Crippen molar-refractivity contribution in [3.05, 3.63) is 88.0 Å². The number of carbonyl (C=O) groups is 1. The van der Waals surface area contributed by atoms with Gasteiger partial charge in [0.25, 0.3) is 0 Å². The maximum Gasteiger partial charge on any atom is 0.330 e. The van der Waals surface area contributed by atoms with Crippen molar-refractivity contribution in [2.45, 2.75) is 25.6 Å². The van der Waals surface area contributed by atoms with E-state index in [9.17, 15) is 14.9 Å². The number of esters is 1. The maximum atomic E-state index is 11.8. The average Bonchev–Trinajstić information content (AvgIpc) is 2.73. The number of nitrogens with zero attached hydrogens (tertiary/aromatic N) is 1. The molecule has 0 bridgehead atoms. The molecule has 0 unspecified atom stereocenters. The Morgan fingerprint density at radius 2 is 1.83 bits per heavy atom. The lowest BCUT2D eigenvalue weighted by Crippen LogP contribution is -2.27. The van der Waals surface area contributed by atoms with Crippen LogP contribution in [-0.2, 0) is 20.9 Å². The van der Waals surface area contributed by atoms with Gasteiger partial charge in [0.05, 0.1) is 32.3 Å². The number of methoxy groups -OCH3 is 1. The fourth-order valence-corrected chi connectivity index (χ4v) is 2.84. The molecule has 0 aliphatic heterocycles. The van der Waals surface area contributed by atoms with E-state index in [0.717, 1.165) is 16.9 Å². The lowest BCUT2D eigenvalue weighted by Gasteiger charge is -2.23. The molecule has 7 heteroatoms. The molecular formula is C22H25NO6. The van der Waals surface area contributed by atoms with E-state index in [2.05, 4.69) is 0 Å². The smallest absolute Gasteiger partial charge is 0.330 e. The van der Waals surface area contributed by atoms with Crippen molar-refractivity contribution < 1.29 is 23.9 Å². The number of benzene rings is 2. The highest BCUT2D eigenvalue weighted by Gasteiger charge is 2.27. The van der Waals surface area contributed by atoms with E-state index >= 15 is 0 Å². The summed E-state index contributed by atoms with van der Waals surface area (Å²) >= 11 is 0. The molecule has 29 heavy (non-hydrogen) atoms. The Kier molecular flexibility index (Phi) is 8.85. The number of hydrogen-bond donors (Lipinski definition) is 0. The van der Waals surface area contributed by atoms with Crippen molar-refractivity contribution in [1.82, 2.24) is 0 Å². The lowest BCUT2D eigenvalue weighted by atomic mass is 9.92. The Morgan fingerprint density at radius 1 is 1.14 bits per heavy atom. The predicted molar refractivity (Wildman–Crippen MR) is 108 cm³/mol. The SMILES string of the molecule is CCOC(=O)/C=C/[C@@H](OCc1ccc(OC)cc1)[C@H](C[N+](=O)[O-])c1ccccc1. The highest BCUT2D eigenvalue weighted by atomic mass is 16.6. The van der Waals surface area contributed by atoms with Gasteiger partial charge in [0, 0.05) is 11.0 Å². The summed E-state index contributed by atoms with van der Waals surface area (Å²) in [5, 5.41) is 11.3. The van der Waals surface area contributed by atoms with Crippen molar-refractivity contribution >= 4 is 5.97 Å². The van der Waals surface area contributed by atoms with Crippen LogP contribution in [0.15, 0.2) is 66.7 Å². The second-order valence-corrected chi connectivity index (χ2v) is 6.27. The molecule has 0 radical (unpaired) electrons. The van der Waals surface area contributed by atoms with Gasteiger partial charge in [0.2, 0.25) is 6.54 Å². The lowest BCUT2D eigenvalue weighted by molar-refractivity contribution is -0.485. The first kappa shape index (κ1) is 22.1. The van der Waals surface area contributed by atoms with Gasteiger partial charge in [-0.2, -0.15) is 0 Å². The van der Waals surface area contributed by atoms with Crippen LogP contribution in [-0.4, -0.2) is 37.3 Å². The van der Waals surface area contributed by atoms with Crippen LogP contribution in [0.5, 0.6) is 5.75 Å². The molecule has 2 aromatic carbocycles. The van der Waals surface area contributed by atoms with E-state index in [1.54, 1.807) is 14.0 Å². The third-order valence-electron chi connectivity index (χ3n) is 4.28. The van der Waals surface area contributed by atoms with E-state index < -0.39 is 18.0 Å². The molecular weight excluding hydrogens is 374 g/mol. The topological polar surface area (TPSA) is 87.9 Å². The quantitative estimate of drug-likeness (QED) is 0.247. The molecule has 0 saturated carbocycles. The molecule has 0 heterocycles. The van der Waals surface area contributed by atoms with Gasteiger partial charge in [-0.25, -0.2) is 4.79 Å². The highest BCUT2D eigenvalue weighted by Crippen LogP contribution is 2.25. The molecule has 0 amide bonds. The summed E-state index contributed by atoms with van der Waals surface area (Å²) in [5.74, 6) is -0.350. The molecule has 0 fully saturated rings. The first-order chi connectivity index (χ1) is 14.0. The predicted octanol–water partition coefficient (Wildman–Crippen LogP) is 3.76. The summed E-state index contributed by atoms with van der Waals surface area (Å²) in [5.41, 5.74) is 1.64. The van der Waals surface area contributed by atoms with Crippen LogP contribution >= 0.6 is 0 Å². The zero-order chi connectivity index (χ0) is 21.1. The van der Waals surface area contributed by atoms with Crippen LogP contribution < -0.4 is 4.74 Å². The van der Waals surface area contributed by atoms with Crippen LogP contribution in [0.2, 0.25) is 0 Å². The molecule has 2 rings (SSSR count). The molecule has 7 nitrogen and oxygen atoms in total. The number of nitro groups is 1. The minimum atomic E-state index is -0.686. The molecule has 0 aliphatic rings. The molecule has 0 aliphatic carbocycles. The summed E-state index contributed by atoms with van der Waals surface area (Å²) in [6.07, 6.45) is 2.11. The largest absolute Gasteiger partial charge is 0.497 e. The number of carbonyl (C=O) groups excluding carboxylic acids is 1. The molecule has 2 aromatic rings. The van der Waals surface area contributed by atoms with Gasteiger partial charge in [0.1, 0.15) is 5.75 Å². The van der Waals surface area contributed by atoms with E-state index in [-0.39, 0.29) is 24.7 Å². The minimum Gasteiger partial charge on any atom is -0.497 e. The summed E-state index contributed by atoms with van der Waals surface area (Å²) in [6, 6.07) is 16.4. The summed E-state index contributed by atoms with van der Waals surface area (Å²) in [7, 11) is 1.59. The fourth-order valence-electron chi connectivity index (χ4n) is 2.84. The van der Waals surface area contributed by atoms with E-state index in [1.807, 2.05) is 54.6 Å². The van der Waals surface area contributed by atoms with E-state index in [1.165, 1.54) is 12.2 Å². The molecule has 2 atom stereocenters. The molecule has 154 valence electrons. The summed E-state index contributed by atoms with van der Waals surface area (Å²) in [6.45, 7) is 1.85. The third-order valence-corrected chi connectivity index (χ3v) is 4.28. The Balaban J connectivity index is 2.24. The second kappa shape index (κ2) is 11.6. The van der Waals surface area contributed by atoms with Gasteiger partial charge in [-0.15, -0.1) is 0 Å². The van der Waals surface area contributed by atoms with E-state index in [0.29, 0.717) is 0 Å². The minimum absolute atomic E-state index is 0.225. The van der Waals surface area contributed by atoms with Gasteiger partial charge >= 0.3 is 5.97 Å². The normalized spacial score (nSPS) is 13.0. The summed E-state index contributed by atoms with van der Waals surface area (Å²) < 4.78 is 16.1. The highest BCUT2D eigenvalue weighted by molar-refractivity contribution is 5.82. The van der Waals surface area contributed by atoms with Crippen molar-refractivity contribution in [3.8, 4) is 5.75 Å².